The number of Topliss-reactive ketones (excluding diaryl/α,β-unsaturated/α-hetero) is 2. The van der Waals surface area contributed by atoms with Crippen LogP contribution in [-0.2, 0) is 24.2 Å². The second-order valence-corrected chi connectivity index (χ2v) is 11.5. The molecular weight excluding hydrogens is 412 g/mol. The van der Waals surface area contributed by atoms with E-state index in [1.807, 2.05) is 6.92 Å². The second kappa shape index (κ2) is 7.07. The summed E-state index contributed by atoms with van der Waals surface area (Å²) in [5.74, 6) is -0.505. The minimum Gasteiger partial charge on any atom is -0.388 e. The first-order valence-electron chi connectivity index (χ1n) is 10.9. The highest BCUT2D eigenvalue weighted by atomic mass is 32.3. The molecule has 0 spiro atoms. The molecule has 9 heteroatoms. The number of hydrogen-bond acceptors (Lipinski definition) is 7. The maximum absolute atomic E-state index is 13.5. The van der Waals surface area contributed by atoms with Gasteiger partial charge in [-0.2, -0.15) is 8.42 Å². The molecule has 30 heavy (non-hydrogen) atoms. The minimum atomic E-state index is -4.51. The Bertz CT molecular complexity index is 855. The number of aliphatic hydroxyl groups excluding tert-OH is 1. The second-order valence-electron chi connectivity index (χ2n) is 10.5. The highest BCUT2D eigenvalue weighted by molar-refractivity contribution is 7.80. The summed E-state index contributed by atoms with van der Waals surface area (Å²) >= 11 is 0. The van der Waals surface area contributed by atoms with Gasteiger partial charge in [0.25, 0.3) is 0 Å². The van der Waals surface area contributed by atoms with Crippen LogP contribution in [0.5, 0.6) is 0 Å². The van der Waals surface area contributed by atoms with Crippen molar-refractivity contribution in [2.75, 3.05) is 6.61 Å². The molecule has 3 N–H and O–H groups in total. The van der Waals surface area contributed by atoms with E-state index >= 15 is 0 Å². The van der Waals surface area contributed by atoms with Crippen molar-refractivity contribution in [3.8, 4) is 0 Å². The first-order chi connectivity index (χ1) is 13.9. The van der Waals surface area contributed by atoms with Gasteiger partial charge < -0.3 is 10.2 Å². The number of hydrogen-bond donors (Lipinski definition) is 3. The molecule has 4 saturated carbocycles. The van der Waals surface area contributed by atoms with Crippen LogP contribution >= 0.6 is 0 Å². The smallest absolute Gasteiger partial charge is 0.388 e. The van der Waals surface area contributed by atoms with E-state index in [2.05, 4.69) is 6.92 Å². The van der Waals surface area contributed by atoms with Crippen LogP contribution in [0.15, 0.2) is 0 Å². The molecule has 0 saturated heterocycles. The first kappa shape index (κ1) is 22.3. The van der Waals surface area contributed by atoms with Crippen molar-refractivity contribution in [2.24, 2.45) is 34.5 Å². The molecule has 0 unspecified atom stereocenters. The molecule has 0 aromatic rings. The van der Waals surface area contributed by atoms with E-state index in [9.17, 15) is 28.2 Å². The summed E-state index contributed by atoms with van der Waals surface area (Å²) in [6, 6.07) is 0. The van der Waals surface area contributed by atoms with Gasteiger partial charge >= 0.3 is 10.4 Å². The van der Waals surface area contributed by atoms with Crippen molar-refractivity contribution in [3.05, 3.63) is 0 Å². The van der Waals surface area contributed by atoms with Gasteiger partial charge in [0.05, 0.1) is 6.10 Å². The van der Waals surface area contributed by atoms with Crippen LogP contribution in [0.1, 0.15) is 65.2 Å². The van der Waals surface area contributed by atoms with E-state index in [0.717, 1.165) is 12.8 Å². The van der Waals surface area contributed by atoms with E-state index in [0.29, 0.717) is 25.7 Å². The number of fused-ring (bicyclic) bond motifs is 5. The van der Waals surface area contributed by atoms with Crippen molar-refractivity contribution in [2.45, 2.75) is 76.9 Å². The van der Waals surface area contributed by atoms with E-state index in [1.165, 1.54) is 0 Å². The number of carbonyl (C=O) groups is 2. The van der Waals surface area contributed by atoms with Gasteiger partial charge in [0.15, 0.2) is 5.78 Å². The van der Waals surface area contributed by atoms with Crippen LogP contribution in [0.3, 0.4) is 0 Å². The average molecular weight is 445 g/mol. The van der Waals surface area contributed by atoms with E-state index in [4.69, 9.17) is 8.74 Å². The van der Waals surface area contributed by atoms with Crippen molar-refractivity contribution in [3.63, 3.8) is 0 Å². The summed E-state index contributed by atoms with van der Waals surface area (Å²) in [7, 11) is -4.51. The fourth-order valence-electron chi connectivity index (χ4n) is 7.89. The van der Waals surface area contributed by atoms with Gasteiger partial charge in [-0.05, 0) is 68.1 Å². The summed E-state index contributed by atoms with van der Waals surface area (Å²) < 4.78 is 36.1. The Kier molecular flexibility index (Phi) is 5.26. The van der Waals surface area contributed by atoms with Crippen molar-refractivity contribution >= 4 is 22.0 Å². The molecule has 0 aromatic heterocycles. The molecule has 4 aliphatic rings. The third-order valence-corrected chi connectivity index (χ3v) is 9.84. The molecular formula is C21H32O8S. The van der Waals surface area contributed by atoms with Gasteiger partial charge in [-0.15, -0.1) is 0 Å². The predicted octanol–water partition coefficient (Wildman–Crippen LogP) is 1.69. The maximum Gasteiger partial charge on any atom is 0.397 e. The highest BCUT2D eigenvalue weighted by Gasteiger charge is 2.68. The summed E-state index contributed by atoms with van der Waals surface area (Å²) in [6.07, 6.45) is 3.64. The van der Waals surface area contributed by atoms with Crippen LogP contribution in [0, 0.1) is 34.5 Å². The predicted molar refractivity (Wildman–Crippen MR) is 106 cm³/mol. The van der Waals surface area contributed by atoms with Gasteiger partial charge in [-0.25, -0.2) is 4.18 Å². The van der Waals surface area contributed by atoms with Crippen LogP contribution in [0.4, 0.5) is 0 Å². The molecule has 8 atom stereocenters. The molecule has 0 aliphatic heterocycles. The van der Waals surface area contributed by atoms with Gasteiger partial charge in [0.1, 0.15) is 18.0 Å². The fourth-order valence-corrected chi connectivity index (χ4v) is 8.40. The molecule has 0 heterocycles. The Morgan fingerprint density at radius 1 is 1.17 bits per heavy atom. The molecule has 0 aromatic carbocycles. The van der Waals surface area contributed by atoms with Crippen LogP contribution in [-0.4, -0.2) is 53.1 Å². The quantitative estimate of drug-likeness (QED) is 0.557. The van der Waals surface area contributed by atoms with Gasteiger partial charge in [-0.1, -0.05) is 13.8 Å². The summed E-state index contributed by atoms with van der Waals surface area (Å²) in [4.78, 5) is 25.9. The van der Waals surface area contributed by atoms with Crippen LogP contribution in [0.2, 0.25) is 0 Å². The average Bonchev–Trinajstić information content (AvgIpc) is 2.91. The molecule has 8 nitrogen and oxygen atoms in total. The summed E-state index contributed by atoms with van der Waals surface area (Å²) in [6.45, 7) is 3.21. The third kappa shape index (κ3) is 3.11. The number of carbonyl (C=O) groups excluding carboxylic acids is 2. The topological polar surface area (TPSA) is 138 Å². The molecule has 170 valence electrons. The standard InChI is InChI=1S/C21H32O8S/c1-19-7-5-13(29-30(26,27)28)9-12(19)3-4-14-15-6-8-21(25,17(24)11-22)20(15,2)10-16(23)18(14)19/h12-15,18,22,25H,3-11H2,1-2H3,(H,26,27,28)/t12-,13+,14-,15-,18+,19-,20-,21-/m0/s1. The lowest BCUT2D eigenvalue weighted by molar-refractivity contribution is -0.179. The Hall–Kier alpha value is -0.870. The van der Waals surface area contributed by atoms with E-state index in [-0.39, 0.29) is 47.7 Å². The molecule has 0 bridgehead atoms. The Balaban J connectivity index is 1.61. The third-order valence-electron chi connectivity index (χ3n) is 9.32. The van der Waals surface area contributed by atoms with E-state index < -0.39 is 39.9 Å². The van der Waals surface area contributed by atoms with Crippen LogP contribution in [0.25, 0.3) is 0 Å². The molecule has 4 rings (SSSR count). The fraction of sp³-hybridized carbons (Fsp3) is 0.905. The normalized spacial score (nSPS) is 48.6. The monoisotopic (exact) mass is 444 g/mol. The number of ketones is 2. The van der Waals surface area contributed by atoms with Crippen molar-refractivity contribution < 1.29 is 37.0 Å². The minimum absolute atomic E-state index is 0.0327. The lowest BCUT2D eigenvalue weighted by Gasteiger charge is -2.60. The summed E-state index contributed by atoms with van der Waals surface area (Å²) in [5.41, 5.74) is -2.81. The first-order valence-corrected chi connectivity index (χ1v) is 12.3. The van der Waals surface area contributed by atoms with Crippen molar-refractivity contribution in [1.29, 1.82) is 0 Å². The highest BCUT2D eigenvalue weighted by Crippen LogP contribution is 2.67. The maximum atomic E-state index is 13.5. The van der Waals surface area contributed by atoms with Gasteiger partial charge in [0, 0.05) is 17.8 Å². The van der Waals surface area contributed by atoms with Crippen molar-refractivity contribution in [1.82, 2.24) is 0 Å². The van der Waals surface area contributed by atoms with Gasteiger partial charge in [-0.3, -0.25) is 14.1 Å². The molecule has 0 radical (unpaired) electrons. The Morgan fingerprint density at radius 3 is 2.50 bits per heavy atom. The van der Waals surface area contributed by atoms with E-state index in [1.54, 1.807) is 0 Å². The zero-order valence-electron chi connectivity index (χ0n) is 17.5. The summed E-state index contributed by atoms with van der Waals surface area (Å²) in [5, 5.41) is 20.6. The SMILES string of the molecule is C[C@]12CC[C@@H](OS(=O)(=O)O)C[C@@H]1CC[C@@H]1[C@@H]2C(=O)C[C@@]2(C)[C@H]1CC[C@]2(O)C(=O)CO. The zero-order valence-corrected chi connectivity index (χ0v) is 18.4. The lowest BCUT2D eigenvalue weighted by Crippen LogP contribution is -2.62. The molecule has 4 aliphatic carbocycles. The Labute approximate surface area is 177 Å². The Morgan fingerprint density at radius 2 is 1.87 bits per heavy atom. The molecule has 4 fully saturated rings. The number of rotatable bonds is 4. The number of aliphatic hydroxyl groups is 2. The van der Waals surface area contributed by atoms with Crippen LogP contribution < -0.4 is 0 Å². The molecule has 0 amide bonds. The lowest BCUT2D eigenvalue weighted by atomic mass is 9.44. The van der Waals surface area contributed by atoms with Gasteiger partial charge in [0.2, 0.25) is 0 Å². The largest absolute Gasteiger partial charge is 0.397 e. The zero-order chi connectivity index (χ0) is 22.1.